The predicted octanol–water partition coefficient (Wildman–Crippen LogP) is 1.93. The van der Waals surface area contributed by atoms with Crippen LogP contribution in [0, 0.1) is 0 Å². The van der Waals surface area contributed by atoms with E-state index in [1.54, 1.807) is 6.20 Å². The molecule has 0 saturated heterocycles. The van der Waals surface area contributed by atoms with Gasteiger partial charge in [-0.3, -0.25) is 4.98 Å². The Hall–Kier alpha value is -1.45. The summed E-state index contributed by atoms with van der Waals surface area (Å²) < 4.78 is 0. The van der Waals surface area contributed by atoms with Crippen molar-refractivity contribution in [2.24, 2.45) is 5.73 Å². The van der Waals surface area contributed by atoms with E-state index in [0.717, 1.165) is 29.2 Å². The highest BCUT2D eigenvalue weighted by molar-refractivity contribution is 5.85. The fourth-order valence-corrected chi connectivity index (χ4v) is 2.83. The maximum atomic E-state index is 10.7. The molecule has 2 unspecified atom stereocenters. The third-order valence-electron chi connectivity index (χ3n) is 3.71. The summed E-state index contributed by atoms with van der Waals surface area (Å²) in [6, 6.07) is 8.09. The number of hydrogen-bond acceptors (Lipinski definition) is 3. The molecule has 1 saturated carbocycles. The van der Waals surface area contributed by atoms with Crippen LogP contribution in [0.1, 0.15) is 24.8 Å². The highest BCUT2D eigenvalue weighted by Crippen LogP contribution is 2.40. The fraction of sp³-hybridized carbons (Fsp3) is 0.357. The summed E-state index contributed by atoms with van der Waals surface area (Å²) in [5.41, 5.74) is 6.11. The highest BCUT2D eigenvalue weighted by atomic mass is 16.3. The third kappa shape index (κ3) is 1.72. The van der Waals surface area contributed by atoms with Gasteiger partial charge in [-0.1, -0.05) is 18.2 Å². The van der Waals surface area contributed by atoms with Crippen LogP contribution in [0.2, 0.25) is 0 Å². The third-order valence-corrected chi connectivity index (χ3v) is 3.71. The molecule has 0 radical (unpaired) electrons. The molecule has 3 heteroatoms. The lowest BCUT2D eigenvalue weighted by Crippen LogP contribution is -2.25. The number of hydrogen-bond donors (Lipinski definition) is 2. The first-order valence-corrected chi connectivity index (χ1v) is 6.00. The molecule has 1 aliphatic carbocycles. The number of aliphatic hydroxyl groups is 1. The van der Waals surface area contributed by atoms with Gasteiger partial charge in [0.15, 0.2) is 0 Å². The molecule has 3 N–H and O–H groups in total. The molecular weight excluding hydrogens is 212 g/mol. The average molecular weight is 228 g/mol. The van der Waals surface area contributed by atoms with Crippen molar-refractivity contribution in [3.63, 3.8) is 0 Å². The van der Waals surface area contributed by atoms with Crippen LogP contribution in [0.4, 0.5) is 0 Å². The lowest BCUT2D eigenvalue weighted by molar-refractivity contribution is 0.0446. The van der Waals surface area contributed by atoms with Gasteiger partial charge in [-0.2, -0.15) is 0 Å². The second-order valence-electron chi connectivity index (χ2n) is 4.94. The van der Waals surface area contributed by atoms with Crippen LogP contribution in [0.15, 0.2) is 36.7 Å². The Kier molecular flexibility index (Phi) is 2.38. The number of pyridine rings is 1. The van der Waals surface area contributed by atoms with E-state index in [4.69, 9.17) is 5.73 Å². The molecule has 1 aromatic carbocycles. The van der Waals surface area contributed by atoms with Gasteiger partial charge in [0.25, 0.3) is 0 Å². The average Bonchev–Trinajstić information content (AvgIpc) is 2.70. The summed E-state index contributed by atoms with van der Waals surface area (Å²) in [4.78, 5) is 4.15. The molecular formula is C14H16N2O. The maximum Gasteiger partial charge on any atom is 0.0918 e. The Bertz CT molecular complexity index is 549. The van der Waals surface area contributed by atoms with E-state index in [9.17, 15) is 5.11 Å². The Balaban J connectivity index is 2.17. The molecule has 3 nitrogen and oxygen atoms in total. The largest absolute Gasteiger partial charge is 0.385 e. The summed E-state index contributed by atoms with van der Waals surface area (Å²) in [6.45, 7) is 0. The van der Waals surface area contributed by atoms with Crippen LogP contribution in [0.3, 0.4) is 0 Å². The molecule has 0 aliphatic heterocycles. The minimum Gasteiger partial charge on any atom is -0.385 e. The molecule has 2 atom stereocenters. The van der Waals surface area contributed by atoms with Crippen molar-refractivity contribution in [3.8, 4) is 0 Å². The highest BCUT2D eigenvalue weighted by Gasteiger charge is 2.38. The molecule has 1 aliphatic rings. The first kappa shape index (κ1) is 10.7. The predicted molar refractivity (Wildman–Crippen MR) is 67.5 cm³/mol. The zero-order valence-electron chi connectivity index (χ0n) is 9.63. The van der Waals surface area contributed by atoms with Crippen molar-refractivity contribution in [2.45, 2.75) is 30.9 Å². The summed E-state index contributed by atoms with van der Waals surface area (Å²) in [5.74, 6) is 0. The van der Waals surface area contributed by atoms with Gasteiger partial charge in [-0.05, 0) is 36.3 Å². The molecule has 0 amide bonds. The SMILES string of the molecule is NC1CCC(O)(c2cccc3ccncc23)C1. The van der Waals surface area contributed by atoms with Gasteiger partial charge in [0.1, 0.15) is 0 Å². The van der Waals surface area contributed by atoms with Gasteiger partial charge in [0, 0.05) is 23.8 Å². The van der Waals surface area contributed by atoms with Gasteiger partial charge in [0.05, 0.1) is 5.60 Å². The van der Waals surface area contributed by atoms with E-state index in [1.165, 1.54) is 0 Å². The van der Waals surface area contributed by atoms with Crippen LogP contribution < -0.4 is 5.73 Å². The van der Waals surface area contributed by atoms with Crippen LogP contribution in [0.25, 0.3) is 10.8 Å². The van der Waals surface area contributed by atoms with Crippen molar-refractivity contribution in [3.05, 3.63) is 42.2 Å². The molecule has 0 spiro atoms. The summed E-state index contributed by atoms with van der Waals surface area (Å²) in [7, 11) is 0. The zero-order chi connectivity index (χ0) is 11.9. The van der Waals surface area contributed by atoms with Crippen LogP contribution >= 0.6 is 0 Å². The normalized spacial score (nSPS) is 28.7. The first-order chi connectivity index (χ1) is 8.19. The van der Waals surface area contributed by atoms with Gasteiger partial charge in [0.2, 0.25) is 0 Å². The topological polar surface area (TPSA) is 59.1 Å². The number of rotatable bonds is 1. The molecule has 17 heavy (non-hydrogen) atoms. The van der Waals surface area contributed by atoms with E-state index in [1.807, 2.05) is 30.5 Å². The first-order valence-electron chi connectivity index (χ1n) is 6.00. The van der Waals surface area contributed by atoms with E-state index >= 15 is 0 Å². The molecule has 1 fully saturated rings. The molecule has 1 aromatic heterocycles. The minimum absolute atomic E-state index is 0.104. The van der Waals surface area contributed by atoms with Gasteiger partial charge in [-0.25, -0.2) is 0 Å². The summed E-state index contributed by atoms with van der Waals surface area (Å²) in [6.07, 6.45) is 5.86. The number of nitrogens with zero attached hydrogens (tertiary/aromatic N) is 1. The Labute approximate surface area is 100 Å². The van der Waals surface area contributed by atoms with Crippen molar-refractivity contribution in [1.82, 2.24) is 4.98 Å². The number of aromatic nitrogens is 1. The second-order valence-corrected chi connectivity index (χ2v) is 4.94. The lowest BCUT2D eigenvalue weighted by atomic mass is 9.88. The number of nitrogens with two attached hydrogens (primary N) is 1. The summed E-state index contributed by atoms with van der Waals surface area (Å²) >= 11 is 0. The Morgan fingerprint density at radius 2 is 2.24 bits per heavy atom. The molecule has 3 rings (SSSR count). The second kappa shape index (κ2) is 3.79. The van der Waals surface area contributed by atoms with E-state index in [-0.39, 0.29) is 6.04 Å². The Morgan fingerprint density at radius 3 is 3.00 bits per heavy atom. The lowest BCUT2D eigenvalue weighted by Gasteiger charge is -2.24. The van der Waals surface area contributed by atoms with E-state index in [0.29, 0.717) is 6.42 Å². The minimum atomic E-state index is -0.776. The van der Waals surface area contributed by atoms with Crippen LogP contribution in [-0.4, -0.2) is 16.1 Å². The standard InChI is InChI=1S/C14H16N2O/c15-11-4-6-14(17,8-11)13-3-1-2-10-5-7-16-9-12(10)13/h1-3,5,7,9,11,17H,4,6,8,15H2. The van der Waals surface area contributed by atoms with Crippen molar-refractivity contribution in [2.75, 3.05) is 0 Å². The van der Waals surface area contributed by atoms with Gasteiger partial charge >= 0.3 is 0 Å². The van der Waals surface area contributed by atoms with Gasteiger partial charge in [-0.15, -0.1) is 0 Å². The van der Waals surface area contributed by atoms with Crippen molar-refractivity contribution >= 4 is 10.8 Å². The van der Waals surface area contributed by atoms with Crippen LogP contribution in [-0.2, 0) is 5.60 Å². The van der Waals surface area contributed by atoms with Crippen molar-refractivity contribution in [1.29, 1.82) is 0 Å². The maximum absolute atomic E-state index is 10.7. The quantitative estimate of drug-likeness (QED) is 0.784. The number of benzene rings is 1. The fourth-order valence-electron chi connectivity index (χ4n) is 2.83. The zero-order valence-corrected chi connectivity index (χ0v) is 9.63. The monoisotopic (exact) mass is 228 g/mol. The van der Waals surface area contributed by atoms with E-state index < -0.39 is 5.60 Å². The van der Waals surface area contributed by atoms with Crippen LogP contribution in [0.5, 0.6) is 0 Å². The molecule has 1 heterocycles. The molecule has 88 valence electrons. The van der Waals surface area contributed by atoms with Crippen molar-refractivity contribution < 1.29 is 5.11 Å². The van der Waals surface area contributed by atoms with Gasteiger partial charge < -0.3 is 10.8 Å². The number of fused-ring (bicyclic) bond motifs is 1. The smallest absolute Gasteiger partial charge is 0.0918 e. The molecule has 0 bridgehead atoms. The van der Waals surface area contributed by atoms with E-state index in [2.05, 4.69) is 4.98 Å². The summed E-state index contributed by atoms with van der Waals surface area (Å²) in [5, 5.41) is 12.9. The Morgan fingerprint density at radius 1 is 1.35 bits per heavy atom. The molecule has 2 aromatic rings.